The first-order chi connectivity index (χ1) is 9.88. The van der Waals surface area contributed by atoms with E-state index in [0.717, 1.165) is 25.8 Å². The third-order valence-electron chi connectivity index (χ3n) is 4.24. The van der Waals surface area contributed by atoms with Gasteiger partial charge >= 0.3 is 0 Å². The second kappa shape index (κ2) is 6.90. The van der Waals surface area contributed by atoms with Crippen molar-refractivity contribution in [1.82, 2.24) is 9.62 Å². The summed E-state index contributed by atoms with van der Waals surface area (Å²) in [5.74, 6) is 0. The second-order valence-electron chi connectivity index (χ2n) is 6.11. The maximum absolute atomic E-state index is 11.7. The van der Waals surface area contributed by atoms with E-state index >= 15 is 0 Å². The number of nitrogens with zero attached hydrogens (tertiary/aromatic N) is 1. The van der Waals surface area contributed by atoms with Crippen LogP contribution in [0.4, 0.5) is 0 Å². The van der Waals surface area contributed by atoms with Crippen LogP contribution >= 0.6 is 0 Å². The van der Waals surface area contributed by atoms with E-state index < -0.39 is 10.0 Å². The van der Waals surface area contributed by atoms with Crippen LogP contribution in [0.15, 0.2) is 24.3 Å². The Balaban J connectivity index is 1.87. The van der Waals surface area contributed by atoms with Gasteiger partial charge in [-0.3, -0.25) is 0 Å². The monoisotopic (exact) mass is 310 g/mol. The predicted molar refractivity (Wildman–Crippen MR) is 86.9 cm³/mol. The Morgan fingerprint density at radius 1 is 1.38 bits per heavy atom. The molecule has 1 heterocycles. The van der Waals surface area contributed by atoms with Crippen molar-refractivity contribution >= 4 is 10.0 Å². The van der Waals surface area contributed by atoms with E-state index in [2.05, 4.69) is 43.4 Å². The number of hydrogen-bond acceptors (Lipinski definition) is 3. The predicted octanol–water partition coefficient (Wildman–Crippen LogP) is 1.94. The van der Waals surface area contributed by atoms with Gasteiger partial charge in [0.1, 0.15) is 0 Å². The first-order valence-electron chi connectivity index (χ1n) is 7.62. The van der Waals surface area contributed by atoms with Gasteiger partial charge in [-0.15, -0.1) is 0 Å². The van der Waals surface area contributed by atoms with E-state index in [-0.39, 0.29) is 6.04 Å². The van der Waals surface area contributed by atoms with Gasteiger partial charge < -0.3 is 5.32 Å². The zero-order valence-corrected chi connectivity index (χ0v) is 14.0. The van der Waals surface area contributed by atoms with Crippen molar-refractivity contribution in [2.75, 3.05) is 19.3 Å². The molecule has 1 N–H and O–H groups in total. The molecule has 118 valence electrons. The number of rotatable bonds is 6. The Kier molecular flexibility index (Phi) is 5.41. The van der Waals surface area contributed by atoms with Crippen LogP contribution in [-0.4, -0.2) is 44.2 Å². The van der Waals surface area contributed by atoms with E-state index in [1.54, 1.807) is 4.31 Å². The first-order valence-corrected chi connectivity index (χ1v) is 9.47. The minimum atomic E-state index is -3.07. The number of nitrogens with one attached hydrogen (secondary N) is 1. The van der Waals surface area contributed by atoms with Gasteiger partial charge in [0.05, 0.1) is 6.26 Å². The Bertz CT molecular complexity index is 571. The highest BCUT2D eigenvalue weighted by molar-refractivity contribution is 7.88. The Morgan fingerprint density at radius 3 is 2.76 bits per heavy atom. The van der Waals surface area contributed by atoms with Crippen molar-refractivity contribution in [2.45, 2.75) is 45.2 Å². The summed E-state index contributed by atoms with van der Waals surface area (Å²) in [7, 11) is -3.07. The highest BCUT2D eigenvalue weighted by Gasteiger charge is 2.31. The molecule has 1 fully saturated rings. The lowest BCUT2D eigenvalue weighted by Gasteiger charge is -2.24. The molecule has 0 amide bonds. The van der Waals surface area contributed by atoms with Crippen molar-refractivity contribution in [3.05, 3.63) is 35.4 Å². The zero-order valence-electron chi connectivity index (χ0n) is 13.2. The molecule has 0 radical (unpaired) electrons. The molecule has 0 spiro atoms. The van der Waals surface area contributed by atoms with Gasteiger partial charge in [-0.1, -0.05) is 24.3 Å². The minimum absolute atomic E-state index is 0.110. The maximum atomic E-state index is 11.7. The summed E-state index contributed by atoms with van der Waals surface area (Å²) < 4.78 is 25.1. The topological polar surface area (TPSA) is 49.4 Å². The molecule has 1 aromatic rings. The van der Waals surface area contributed by atoms with E-state index in [0.29, 0.717) is 12.6 Å². The van der Waals surface area contributed by atoms with Crippen molar-refractivity contribution in [2.24, 2.45) is 0 Å². The standard InChI is InChI=1S/C16H26N2O2S/c1-13-7-4-5-8-15(13)11-14(2)17-12-16-9-6-10-18(16)21(3,19)20/h4-5,7-8,14,16-17H,6,9-12H2,1-3H3/t14-,16+/m0/s1. The average Bonchev–Trinajstić information content (AvgIpc) is 2.87. The van der Waals surface area contributed by atoms with Crippen LogP contribution in [0.3, 0.4) is 0 Å². The van der Waals surface area contributed by atoms with Crippen LogP contribution in [0, 0.1) is 6.92 Å². The lowest BCUT2D eigenvalue weighted by atomic mass is 10.0. The van der Waals surface area contributed by atoms with Crippen LogP contribution < -0.4 is 5.32 Å². The highest BCUT2D eigenvalue weighted by atomic mass is 32.2. The Labute approximate surface area is 128 Å². The van der Waals surface area contributed by atoms with E-state index in [4.69, 9.17) is 0 Å². The SMILES string of the molecule is Cc1ccccc1C[C@H](C)NC[C@H]1CCCN1S(C)(=O)=O. The van der Waals surface area contributed by atoms with Crippen molar-refractivity contribution in [1.29, 1.82) is 0 Å². The Hall–Kier alpha value is -0.910. The largest absolute Gasteiger partial charge is 0.312 e. The molecule has 1 aliphatic rings. The van der Waals surface area contributed by atoms with Crippen LogP contribution in [0.2, 0.25) is 0 Å². The number of hydrogen-bond donors (Lipinski definition) is 1. The quantitative estimate of drug-likeness (QED) is 0.873. The molecule has 21 heavy (non-hydrogen) atoms. The van der Waals surface area contributed by atoms with Gasteiger partial charge in [-0.25, -0.2) is 8.42 Å². The van der Waals surface area contributed by atoms with Crippen molar-refractivity contribution < 1.29 is 8.42 Å². The summed E-state index contributed by atoms with van der Waals surface area (Å²) in [6, 6.07) is 8.86. The van der Waals surface area contributed by atoms with Gasteiger partial charge in [0.25, 0.3) is 0 Å². The summed E-state index contributed by atoms with van der Waals surface area (Å²) >= 11 is 0. The number of aryl methyl sites for hydroxylation is 1. The van der Waals surface area contributed by atoms with Gasteiger partial charge in [0.15, 0.2) is 0 Å². The smallest absolute Gasteiger partial charge is 0.211 e. The van der Waals surface area contributed by atoms with E-state index in [1.807, 2.05) is 0 Å². The summed E-state index contributed by atoms with van der Waals surface area (Å²) in [4.78, 5) is 0. The molecule has 1 aromatic carbocycles. The number of sulfonamides is 1. The fourth-order valence-corrected chi connectivity index (χ4v) is 4.21. The van der Waals surface area contributed by atoms with Gasteiger partial charge in [0, 0.05) is 25.2 Å². The summed E-state index contributed by atoms with van der Waals surface area (Å²) in [5, 5.41) is 3.50. The molecule has 4 nitrogen and oxygen atoms in total. The fraction of sp³-hybridized carbons (Fsp3) is 0.625. The van der Waals surface area contributed by atoms with Crippen LogP contribution in [0.1, 0.15) is 30.9 Å². The van der Waals surface area contributed by atoms with Crippen LogP contribution in [0.5, 0.6) is 0 Å². The van der Waals surface area contributed by atoms with Crippen LogP contribution in [0.25, 0.3) is 0 Å². The summed E-state index contributed by atoms with van der Waals surface area (Å²) in [5.41, 5.74) is 2.66. The molecular formula is C16H26N2O2S. The summed E-state index contributed by atoms with van der Waals surface area (Å²) in [6.07, 6.45) is 4.20. The van der Waals surface area contributed by atoms with Crippen LogP contribution in [-0.2, 0) is 16.4 Å². The molecule has 2 atom stereocenters. The summed E-state index contributed by atoms with van der Waals surface area (Å²) in [6.45, 7) is 5.69. The molecule has 5 heteroatoms. The fourth-order valence-electron chi connectivity index (χ4n) is 3.03. The zero-order chi connectivity index (χ0) is 15.5. The molecular weight excluding hydrogens is 284 g/mol. The van der Waals surface area contributed by atoms with Gasteiger partial charge in [-0.05, 0) is 44.2 Å². The van der Waals surface area contributed by atoms with Crippen molar-refractivity contribution in [3.63, 3.8) is 0 Å². The van der Waals surface area contributed by atoms with Gasteiger partial charge in [0.2, 0.25) is 10.0 Å². The number of benzene rings is 1. The first kappa shape index (κ1) is 16.5. The van der Waals surface area contributed by atoms with Crippen molar-refractivity contribution in [3.8, 4) is 0 Å². The molecule has 0 saturated carbocycles. The molecule has 1 aliphatic heterocycles. The van der Waals surface area contributed by atoms with E-state index in [9.17, 15) is 8.42 Å². The highest BCUT2D eigenvalue weighted by Crippen LogP contribution is 2.20. The Morgan fingerprint density at radius 2 is 2.10 bits per heavy atom. The minimum Gasteiger partial charge on any atom is -0.312 e. The third-order valence-corrected chi connectivity index (χ3v) is 5.57. The van der Waals surface area contributed by atoms with E-state index in [1.165, 1.54) is 17.4 Å². The molecule has 0 unspecified atom stereocenters. The third kappa shape index (κ3) is 4.53. The molecule has 2 rings (SSSR count). The lowest BCUT2D eigenvalue weighted by molar-refractivity contribution is 0.361. The average molecular weight is 310 g/mol. The molecule has 1 saturated heterocycles. The van der Waals surface area contributed by atoms with Gasteiger partial charge in [-0.2, -0.15) is 4.31 Å². The maximum Gasteiger partial charge on any atom is 0.211 e. The molecule has 0 aromatic heterocycles. The molecule has 0 aliphatic carbocycles. The second-order valence-corrected chi connectivity index (χ2v) is 8.04. The normalized spacial score (nSPS) is 21.6. The lowest BCUT2D eigenvalue weighted by Crippen LogP contribution is -2.43. The molecule has 0 bridgehead atoms.